The van der Waals surface area contributed by atoms with E-state index in [9.17, 15) is 9.90 Å². The smallest absolute Gasteiger partial charge is 0.275 e. The molecule has 6 heteroatoms. The van der Waals surface area contributed by atoms with Gasteiger partial charge in [0.2, 0.25) is 0 Å². The number of carbonyl (C=O) groups is 1. The molecule has 0 aliphatic rings. The van der Waals surface area contributed by atoms with E-state index in [1.54, 1.807) is 18.2 Å². The van der Waals surface area contributed by atoms with Crippen LogP contribution < -0.4 is 5.43 Å². The fraction of sp³-hybridized carbons (Fsp3) is 0.0588. The SMILES string of the molecule is Cc1oc(/C=N/NC(=O)c2cc3ccccc3cc2O)cc1Br. The zero-order valence-electron chi connectivity index (χ0n) is 12.2. The molecule has 0 aliphatic carbocycles. The third kappa shape index (κ3) is 3.27. The summed E-state index contributed by atoms with van der Waals surface area (Å²) in [6.07, 6.45) is 1.40. The molecule has 1 heterocycles. The lowest BCUT2D eigenvalue weighted by atomic mass is 10.1. The maximum Gasteiger partial charge on any atom is 0.275 e. The Morgan fingerprint density at radius 1 is 1.26 bits per heavy atom. The van der Waals surface area contributed by atoms with Crippen molar-refractivity contribution in [2.24, 2.45) is 5.10 Å². The van der Waals surface area contributed by atoms with Crippen LogP contribution in [-0.4, -0.2) is 17.2 Å². The first-order chi connectivity index (χ1) is 11.0. The Kier molecular flexibility index (Phi) is 4.16. The molecule has 0 spiro atoms. The fourth-order valence-electron chi connectivity index (χ4n) is 2.17. The van der Waals surface area contributed by atoms with E-state index >= 15 is 0 Å². The van der Waals surface area contributed by atoms with Gasteiger partial charge in [-0.25, -0.2) is 5.43 Å². The summed E-state index contributed by atoms with van der Waals surface area (Å²) in [6.45, 7) is 1.81. The lowest BCUT2D eigenvalue weighted by molar-refractivity contribution is 0.0952. The Morgan fingerprint density at radius 2 is 1.96 bits per heavy atom. The number of halogens is 1. The molecule has 0 unspecified atom stereocenters. The Labute approximate surface area is 140 Å². The minimum absolute atomic E-state index is 0.0898. The molecular formula is C17H13BrN2O3. The molecule has 0 aliphatic heterocycles. The van der Waals surface area contributed by atoms with Crippen LogP contribution in [0.25, 0.3) is 10.8 Å². The second-order valence-electron chi connectivity index (χ2n) is 4.97. The maximum atomic E-state index is 12.1. The van der Waals surface area contributed by atoms with Gasteiger partial charge in [0, 0.05) is 6.07 Å². The standard InChI is InChI=1S/C17H13BrN2O3/c1-10-15(18)8-13(23-10)9-19-20-17(22)14-6-11-4-2-3-5-12(11)7-16(14)21/h2-9,21H,1H3,(H,20,22)/b19-9+. The molecule has 2 N–H and O–H groups in total. The predicted octanol–water partition coefficient (Wildman–Crippen LogP) is 3.97. The third-order valence-corrected chi connectivity index (χ3v) is 4.13. The van der Waals surface area contributed by atoms with Gasteiger partial charge in [0.1, 0.15) is 17.3 Å². The quantitative estimate of drug-likeness (QED) is 0.539. The molecule has 0 saturated heterocycles. The van der Waals surface area contributed by atoms with Crippen molar-refractivity contribution >= 4 is 38.8 Å². The number of aromatic hydroxyl groups is 1. The number of hydrogen-bond acceptors (Lipinski definition) is 4. The highest BCUT2D eigenvalue weighted by Gasteiger charge is 2.11. The largest absolute Gasteiger partial charge is 0.507 e. The highest BCUT2D eigenvalue weighted by atomic mass is 79.9. The van der Waals surface area contributed by atoms with Gasteiger partial charge < -0.3 is 9.52 Å². The topological polar surface area (TPSA) is 74.8 Å². The normalized spacial score (nSPS) is 11.2. The number of amides is 1. The van der Waals surface area contributed by atoms with Gasteiger partial charge in [-0.3, -0.25) is 4.79 Å². The van der Waals surface area contributed by atoms with Crippen molar-refractivity contribution < 1.29 is 14.3 Å². The summed E-state index contributed by atoms with van der Waals surface area (Å²) in [5, 5.41) is 15.6. The summed E-state index contributed by atoms with van der Waals surface area (Å²) >= 11 is 3.33. The van der Waals surface area contributed by atoms with Crippen molar-refractivity contribution in [3.05, 3.63) is 64.0 Å². The average molecular weight is 373 g/mol. The van der Waals surface area contributed by atoms with Gasteiger partial charge in [-0.1, -0.05) is 24.3 Å². The monoisotopic (exact) mass is 372 g/mol. The average Bonchev–Trinajstić information content (AvgIpc) is 2.84. The zero-order chi connectivity index (χ0) is 16.4. The van der Waals surface area contributed by atoms with E-state index in [0.29, 0.717) is 5.76 Å². The Morgan fingerprint density at radius 3 is 2.61 bits per heavy atom. The van der Waals surface area contributed by atoms with Gasteiger partial charge in [-0.15, -0.1) is 0 Å². The third-order valence-electron chi connectivity index (χ3n) is 3.34. The molecule has 0 saturated carbocycles. The first-order valence-corrected chi connectivity index (χ1v) is 7.65. The van der Waals surface area contributed by atoms with Crippen LogP contribution in [0.3, 0.4) is 0 Å². The number of phenolic OH excluding ortho intramolecular Hbond substituents is 1. The molecule has 1 amide bonds. The van der Waals surface area contributed by atoms with E-state index in [0.717, 1.165) is 21.0 Å². The van der Waals surface area contributed by atoms with Gasteiger partial charge >= 0.3 is 0 Å². The minimum Gasteiger partial charge on any atom is -0.507 e. The lowest BCUT2D eigenvalue weighted by Crippen LogP contribution is -2.17. The number of aryl methyl sites for hydroxylation is 1. The molecule has 3 aromatic rings. The van der Waals surface area contributed by atoms with Crippen LogP contribution in [0.4, 0.5) is 0 Å². The minimum atomic E-state index is -0.494. The Bertz CT molecular complexity index is 896. The number of nitrogens with zero attached hydrogens (tertiary/aromatic N) is 1. The highest BCUT2D eigenvalue weighted by Crippen LogP contribution is 2.25. The molecule has 3 rings (SSSR count). The molecule has 116 valence electrons. The molecule has 0 atom stereocenters. The number of hydrazone groups is 1. The number of carbonyl (C=O) groups excluding carboxylic acids is 1. The Hall–Kier alpha value is -2.60. The van der Waals surface area contributed by atoms with Crippen molar-refractivity contribution in [2.75, 3.05) is 0 Å². The molecule has 0 bridgehead atoms. The zero-order valence-corrected chi connectivity index (χ0v) is 13.8. The second kappa shape index (κ2) is 6.26. The van der Waals surface area contributed by atoms with Crippen LogP contribution in [0, 0.1) is 6.92 Å². The first kappa shape index (κ1) is 15.3. The summed E-state index contributed by atoms with van der Waals surface area (Å²) in [6, 6.07) is 12.4. The number of fused-ring (bicyclic) bond motifs is 1. The molecule has 0 fully saturated rings. The Balaban J connectivity index is 1.79. The molecule has 2 aromatic carbocycles. The summed E-state index contributed by atoms with van der Waals surface area (Å²) < 4.78 is 6.22. The van der Waals surface area contributed by atoms with Gasteiger partial charge in [-0.2, -0.15) is 5.10 Å². The molecule has 5 nitrogen and oxygen atoms in total. The van der Waals surface area contributed by atoms with Crippen LogP contribution in [-0.2, 0) is 0 Å². The van der Waals surface area contributed by atoms with Crippen LogP contribution in [0.15, 0.2) is 56.5 Å². The van der Waals surface area contributed by atoms with E-state index in [2.05, 4.69) is 26.5 Å². The van der Waals surface area contributed by atoms with Crippen molar-refractivity contribution in [2.45, 2.75) is 6.92 Å². The fourth-order valence-corrected chi connectivity index (χ4v) is 2.48. The van der Waals surface area contributed by atoms with Gasteiger partial charge in [0.05, 0.1) is 16.3 Å². The number of hydrogen-bond donors (Lipinski definition) is 2. The van der Waals surface area contributed by atoms with Crippen molar-refractivity contribution in [1.82, 2.24) is 5.43 Å². The summed E-state index contributed by atoms with van der Waals surface area (Å²) in [5.74, 6) is 0.655. The summed E-state index contributed by atoms with van der Waals surface area (Å²) in [4.78, 5) is 12.1. The summed E-state index contributed by atoms with van der Waals surface area (Å²) in [7, 11) is 0. The van der Waals surface area contributed by atoms with Gasteiger partial charge in [0.15, 0.2) is 0 Å². The van der Waals surface area contributed by atoms with E-state index < -0.39 is 5.91 Å². The molecule has 23 heavy (non-hydrogen) atoms. The van der Waals surface area contributed by atoms with E-state index in [1.807, 2.05) is 31.2 Å². The number of furan rings is 1. The number of rotatable bonds is 3. The van der Waals surface area contributed by atoms with Crippen LogP contribution in [0.1, 0.15) is 21.9 Å². The highest BCUT2D eigenvalue weighted by molar-refractivity contribution is 9.10. The van der Waals surface area contributed by atoms with E-state index in [4.69, 9.17) is 4.42 Å². The summed E-state index contributed by atoms with van der Waals surface area (Å²) in [5.41, 5.74) is 2.54. The molecule has 0 radical (unpaired) electrons. The first-order valence-electron chi connectivity index (χ1n) is 6.85. The number of phenols is 1. The number of benzene rings is 2. The van der Waals surface area contributed by atoms with Crippen molar-refractivity contribution in [3.8, 4) is 5.75 Å². The second-order valence-corrected chi connectivity index (χ2v) is 5.82. The van der Waals surface area contributed by atoms with Gasteiger partial charge in [0.25, 0.3) is 5.91 Å². The van der Waals surface area contributed by atoms with Crippen molar-refractivity contribution in [3.63, 3.8) is 0 Å². The van der Waals surface area contributed by atoms with E-state index in [1.165, 1.54) is 6.21 Å². The van der Waals surface area contributed by atoms with Crippen LogP contribution in [0.5, 0.6) is 5.75 Å². The van der Waals surface area contributed by atoms with E-state index in [-0.39, 0.29) is 11.3 Å². The van der Waals surface area contributed by atoms with Crippen LogP contribution in [0.2, 0.25) is 0 Å². The predicted molar refractivity (Wildman–Crippen MR) is 91.8 cm³/mol. The molecule has 1 aromatic heterocycles. The van der Waals surface area contributed by atoms with Crippen LogP contribution >= 0.6 is 15.9 Å². The van der Waals surface area contributed by atoms with Gasteiger partial charge in [-0.05, 0) is 45.8 Å². The lowest BCUT2D eigenvalue weighted by Gasteiger charge is -2.05. The maximum absolute atomic E-state index is 12.1. The van der Waals surface area contributed by atoms with Crippen molar-refractivity contribution in [1.29, 1.82) is 0 Å². The number of nitrogens with one attached hydrogen (secondary N) is 1. The molecular weight excluding hydrogens is 360 g/mol.